The Labute approximate surface area is 118 Å². The van der Waals surface area contributed by atoms with Crippen LogP contribution in [0.5, 0.6) is 0 Å². The minimum atomic E-state index is -0.187. The van der Waals surface area contributed by atoms with Crippen molar-refractivity contribution in [3.63, 3.8) is 0 Å². The number of aryl methyl sites for hydroxylation is 1. The average molecular weight is 279 g/mol. The number of piperidine rings is 1. The molecule has 0 saturated carbocycles. The summed E-state index contributed by atoms with van der Waals surface area (Å²) < 4.78 is 5.00. The van der Waals surface area contributed by atoms with E-state index in [2.05, 4.69) is 10.5 Å². The molecule has 1 unspecified atom stereocenters. The molecule has 1 fully saturated rings. The van der Waals surface area contributed by atoms with Crippen molar-refractivity contribution in [2.24, 2.45) is 5.92 Å². The van der Waals surface area contributed by atoms with E-state index in [1.807, 2.05) is 13.8 Å². The van der Waals surface area contributed by atoms with Gasteiger partial charge in [-0.25, -0.2) is 0 Å². The summed E-state index contributed by atoms with van der Waals surface area (Å²) in [6.45, 7) is 6.73. The van der Waals surface area contributed by atoms with Crippen molar-refractivity contribution in [3.8, 4) is 0 Å². The van der Waals surface area contributed by atoms with Crippen LogP contribution in [-0.4, -0.2) is 41.0 Å². The van der Waals surface area contributed by atoms with Crippen LogP contribution < -0.4 is 5.32 Å². The van der Waals surface area contributed by atoms with E-state index in [4.69, 9.17) is 4.52 Å². The molecule has 2 amide bonds. The summed E-state index contributed by atoms with van der Waals surface area (Å²) in [6, 6.07) is 1.74. The van der Waals surface area contributed by atoms with Crippen molar-refractivity contribution in [1.29, 1.82) is 0 Å². The lowest BCUT2D eigenvalue weighted by Crippen LogP contribution is -2.46. The lowest BCUT2D eigenvalue weighted by Gasteiger charge is -2.31. The average Bonchev–Trinajstić information content (AvgIpc) is 2.84. The van der Waals surface area contributed by atoms with Crippen LogP contribution >= 0.6 is 0 Å². The Morgan fingerprint density at radius 2 is 2.25 bits per heavy atom. The molecule has 1 aliphatic rings. The molecule has 0 bridgehead atoms. The number of rotatable bonds is 3. The number of amides is 2. The highest BCUT2D eigenvalue weighted by Gasteiger charge is 2.30. The van der Waals surface area contributed by atoms with E-state index >= 15 is 0 Å². The maximum Gasteiger partial charge on any atom is 0.292 e. The van der Waals surface area contributed by atoms with E-state index in [0.29, 0.717) is 18.8 Å². The quantitative estimate of drug-likeness (QED) is 0.906. The monoisotopic (exact) mass is 279 g/mol. The zero-order valence-corrected chi connectivity index (χ0v) is 12.2. The Morgan fingerprint density at radius 3 is 2.85 bits per heavy atom. The Kier molecular flexibility index (Phi) is 4.42. The molecule has 1 aliphatic heterocycles. The molecule has 110 valence electrons. The van der Waals surface area contributed by atoms with Crippen LogP contribution in [0.3, 0.4) is 0 Å². The second-order valence-electron chi connectivity index (χ2n) is 5.59. The van der Waals surface area contributed by atoms with Gasteiger partial charge in [0.05, 0.1) is 11.6 Å². The van der Waals surface area contributed by atoms with Gasteiger partial charge in [0.2, 0.25) is 11.7 Å². The Bertz CT molecular complexity index is 496. The third kappa shape index (κ3) is 3.37. The van der Waals surface area contributed by atoms with E-state index in [-0.39, 0.29) is 29.5 Å². The van der Waals surface area contributed by atoms with Gasteiger partial charge in [-0.2, -0.15) is 0 Å². The van der Waals surface area contributed by atoms with Crippen molar-refractivity contribution >= 4 is 11.8 Å². The highest BCUT2D eigenvalue weighted by Crippen LogP contribution is 2.19. The molecule has 1 aromatic heterocycles. The highest BCUT2D eigenvalue weighted by molar-refractivity contribution is 5.92. The molecule has 6 nitrogen and oxygen atoms in total. The van der Waals surface area contributed by atoms with Crippen LogP contribution in [0, 0.1) is 12.8 Å². The second-order valence-corrected chi connectivity index (χ2v) is 5.59. The summed E-state index contributed by atoms with van der Waals surface area (Å²) >= 11 is 0. The van der Waals surface area contributed by atoms with Crippen LogP contribution in [0.4, 0.5) is 0 Å². The van der Waals surface area contributed by atoms with Crippen LogP contribution in [0.1, 0.15) is 42.9 Å². The fourth-order valence-corrected chi connectivity index (χ4v) is 2.40. The van der Waals surface area contributed by atoms with E-state index in [9.17, 15) is 9.59 Å². The van der Waals surface area contributed by atoms with Gasteiger partial charge in [-0.1, -0.05) is 5.16 Å². The van der Waals surface area contributed by atoms with Gasteiger partial charge in [0.15, 0.2) is 0 Å². The summed E-state index contributed by atoms with van der Waals surface area (Å²) in [5, 5.41) is 6.63. The van der Waals surface area contributed by atoms with Crippen LogP contribution in [0.25, 0.3) is 0 Å². The molecule has 20 heavy (non-hydrogen) atoms. The van der Waals surface area contributed by atoms with Crippen LogP contribution in [0.15, 0.2) is 10.6 Å². The van der Waals surface area contributed by atoms with Gasteiger partial charge in [-0.05, 0) is 33.6 Å². The van der Waals surface area contributed by atoms with Crippen molar-refractivity contribution in [2.75, 3.05) is 13.1 Å². The zero-order valence-electron chi connectivity index (χ0n) is 12.2. The molecule has 1 atom stereocenters. The number of aromatic nitrogens is 1. The summed E-state index contributed by atoms with van der Waals surface area (Å²) in [5.41, 5.74) is 0.680. The number of carbonyl (C=O) groups is 2. The SMILES string of the molecule is Cc1cc(C(=O)N2CCCC(C(=O)NC(C)C)C2)on1. The Morgan fingerprint density at radius 1 is 1.50 bits per heavy atom. The molecule has 0 aromatic carbocycles. The molecule has 0 spiro atoms. The third-order valence-corrected chi connectivity index (χ3v) is 3.35. The first-order valence-corrected chi connectivity index (χ1v) is 7.00. The molecule has 1 aromatic rings. The second kappa shape index (κ2) is 6.07. The minimum Gasteiger partial charge on any atom is -0.354 e. The molecule has 0 radical (unpaired) electrons. The minimum absolute atomic E-state index is 0.0197. The highest BCUT2D eigenvalue weighted by atomic mass is 16.5. The van der Waals surface area contributed by atoms with Gasteiger partial charge in [0.25, 0.3) is 5.91 Å². The van der Waals surface area contributed by atoms with Crippen LogP contribution in [0.2, 0.25) is 0 Å². The molecule has 2 heterocycles. The first-order chi connectivity index (χ1) is 9.47. The predicted molar refractivity (Wildman–Crippen MR) is 73.1 cm³/mol. The first-order valence-electron chi connectivity index (χ1n) is 7.00. The van der Waals surface area contributed by atoms with E-state index < -0.39 is 0 Å². The molecular formula is C14H21N3O3. The van der Waals surface area contributed by atoms with Crippen molar-refractivity contribution in [1.82, 2.24) is 15.4 Å². The normalized spacial score (nSPS) is 19.2. The largest absolute Gasteiger partial charge is 0.354 e. The molecule has 1 N–H and O–H groups in total. The summed E-state index contributed by atoms with van der Waals surface area (Å²) in [5.74, 6) is -0.0644. The lowest BCUT2D eigenvalue weighted by molar-refractivity contribution is -0.126. The van der Waals surface area contributed by atoms with Gasteiger partial charge >= 0.3 is 0 Å². The Hall–Kier alpha value is -1.85. The number of hydrogen-bond acceptors (Lipinski definition) is 4. The number of nitrogens with zero attached hydrogens (tertiary/aromatic N) is 2. The maximum absolute atomic E-state index is 12.3. The standard InChI is InChI=1S/C14H21N3O3/c1-9(2)15-13(18)11-5-4-6-17(8-11)14(19)12-7-10(3)16-20-12/h7,9,11H,4-6,8H2,1-3H3,(H,15,18). The summed E-state index contributed by atoms with van der Waals surface area (Å²) in [6.07, 6.45) is 1.65. The lowest BCUT2D eigenvalue weighted by atomic mass is 9.96. The number of likely N-dealkylation sites (tertiary alicyclic amines) is 1. The fraction of sp³-hybridized carbons (Fsp3) is 0.643. The zero-order chi connectivity index (χ0) is 14.7. The van der Waals surface area contributed by atoms with Gasteiger partial charge < -0.3 is 14.7 Å². The number of carbonyl (C=O) groups excluding carboxylic acids is 2. The third-order valence-electron chi connectivity index (χ3n) is 3.35. The fourth-order valence-electron chi connectivity index (χ4n) is 2.40. The van der Waals surface area contributed by atoms with Crippen molar-refractivity contribution in [2.45, 2.75) is 39.7 Å². The van der Waals surface area contributed by atoms with Crippen molar-refractivity contribution < 1.29 is 14.1 Å². The van der Waals surface area contributed by atoms with Gasteiger partial charge in [-0.15, -0.1) is 0 Å². The topological polar surface area (TPSA) is 75.4 Å². The van der Waals surface area contributed by atoms with Gasteiger partial charge in [0.1, 0.15) is 0 Å². The van der Waals surface area contributed by atoms with E-state index in [1.165, 1.54) is 0 Å². The first kappa shape index (κ1) is 14.6. The van der Waals surface area contributed by atoms with Gasteiger partial charge in [-0.3, -0.25) is 9.59 Å². The molecule has 0 aliphatic carbocycles. The van der Waals surface area contributed by atoms with Crippen LogP contribution in [-0.2, 0) is 4.79 Å². The predicted octanol–water partition coefficient (Wildman–Crippen LogP) is 1.36. The molecule has 1 saturated heterocycles. The van der Waals surface area contributed by atoms with E-state index in [0.717, 1.165) is 12.8 Å². The van der Waals surface area contributed by atoms with Gasteiger partial charge in [0, 0.05) is 25.2 Å². The Balaban J connectivity index is 1.99. The molecule has 2 rings (SSSR count). The molecule has 6 heteroatoms. The summed E-state index contributed by atoms with van der Waals surface area (Å²) in [7, 11) is 0. The van der Waals surface area contributed by atoms with E-state index in [1.54, 1.807) is 17.9 Å². The van der Waals surface area contributed by atoms with Crippen molar-refractivity contribution in [3.05, 3.63) is 17.5 Å². The smallest absolute Gasteiger partial charge is 0.292 e. The maximum atomic E-state index is 12.3. The number of nitrogens with one attached hydrogen (secondary N) is 1. The summed E-state index contributed by atoms with van der Waals surface area (Å²) in [4.78, 5) is 26.0. The molecular weight excluding hydrogens is 258 g/mol. The number of hydrogen-bond donors (Lipinski definition) is 1.